The average molecular weight is 395 g/mol. The molecule has 2 aromatic rings. The molecule has 7 nitrogen and oxygen atoms in total. The minimum absolute atomic E-state index is 0.00102. The zero-order chi connectivity index (χ0) is 21.0. The molecule has 7 heteroatoms. The van der Waals surface area contributed by atoms with Crippen molar-refractivity contribution in [2.24, 2.45) is 5.92 Å². The van der Waals surface area contributed by atoms with E-state index >= 15 is 0 Å². The zero-order valence-electron chi connectivity index (χ0n) is 16.8. The van der Waals surface area contributed by atoms with Crippen LogP contribution in [0.5, 0.6) is 0 Å². The maximum atomic E-state index is 12.4. The van der Waals surface area contributed by atoms with Crippen LogP contribution in [-0.4, -0.2) is 45.7 Å². The third kappa shape index (κ3) is 3.52. The monoisotopic (exact) mass is 395 g/mol. The first-order valence-electron chi connectivity index (χ1n) is 9.67. The number of hydrogen-bond acceptors (Lipinski definition) is 5. The number of fused-ring (bicyclic) bond motifs is 1. The van der Waals surface area contributed by atoms with Gasteiger partial charge in [0.1, 0.15) is 17.0 Å². The fraction of sp³-hybridized carbons (Fsp3) is 0.409. The van der Waals surface area contributed by atoms with Gasteiger partial charge in [0.15, 0.2) is 0 Å². The number of nitrogen functional groups attached to an aromatic ring is 1. The molecule has 0 radical (unpaired) electrons. The molecule has 152 valence electrons. The highest BCUT2D eigenvalue weighted by Crippen LogP contribution is 2.59. The molecule has 3 N–H and O–H groups in total. The number of anilines is 1. The summed E-state index contributed by atoms with van der Waals surface area (Å²) in [6, 6.07) is 9.59. The van der Waals surface area contributed by atoms with Crippen LogP contribution < -0.4 is 5.73 Å². The van der Waals surface area contributed by atoms with Gasteiger partial charge < -0.3 is 20.5 Å². The first kappa shape index (κ1) is 19.2. The molecular weight excluding hydrogens is 370 g/mol. The molecule has 0 spiro atoms. The molecule has 2 heterocycles. The molecule has 1 aliphatic heterocycles. The quantitative estimate of drug-likeness (QED) is 0.823. The lowest BCUT2D eigenvalue weighted by Gasteiger charge is -2.26. The van der Waals surface area contributed by atoms with Crippen molar-refractivity contribution in [3.63, 3.8) is 0 Å². The molecule has 0 unspecified atom stereocenters. The number of nitrogens with zero attached hydrogens (tertiary/aromatic N) is 2. The number of benzene rings is 1. The molecule has 1 aliphatic carbocycles. The van der Waals surface area contributed by atoms with Gasteiger partial charge in [0, 0.05) is 30.3 Å². The summed E-state index contributed by atoms with van der Waals surface area (Å²) >= 11 is 0. The van der Waals surface area contributed by atoms with E-state index in [0.717, 1.165) is 18.5 Å². The predicted molar refractivity (Wildman–Crippen MR) is 109 cm³/mol. The standard InChI is InChI=1S/C22H25N3O4/c1-21(2,3)29-20(28)25-11-16-9-22(16,12-25)15-6-4-13(5-7-15)14-8-17(19(26)27)18(23)24-10-14/h4-8,10,16H,9,11-12H2,1-3H3,(H2,23,24)(H,26,27)/t16-,22+/m1/s1. The highest BCUT2D eigenvalue weighted by atomic mass is 16.6. The van der Waals surface area contributed by atoms with Gasteiger partial charge in [-0.05, 0) is 50.3 Å². The van der Waals surface area contributed by atoms with Crippen LogP contribution in [0.2, 0.25) is 0 Å². The first-order chi connectivity index (χ1) is 13.6. The number of amides is 1. The first-order valence-corrected chi connectivity index (χ1v) is 9.67. The minimum Gasteiger partial charge on any atom is -0.478 e. The second kappa shape index (κ2) is 6.47. The van der Waals surface area contributed by atoms with E-state index in [-0.39, 0.29) is 22.9 Å². The molecule has 2 atom stereocenters. The molecule has 1 amide bonds. The lowest BCUT2D eigenvalue weighted by molar-refractivity contribution is 0.0270. The summed E-state index contributed by atoms with van der Waals surface area (Å²) in [7, 11) is 0. The van der Waals surface area contributed by atoms with Gasteiger partial charge in [-0.3, -0.25) is 0 Å². The van der Waals surface area contributed by atoms with Crippen LogP contribution in [0.1, 0.15) is 43.1 Å². The number of ether oxygens (including phenoxy) is 1. The number of likely N-dealkylation sites (tertiary alicyclic amines) is 1. The van der Waals surface area contributed by atoms with Crippen molar-refractivity contribution in [3.05, 3.63) is 47.7 Å². The smallest absolute Gasteiger partial charge is 0.410 e. The number of piperidine rings is 1. The molecule has 2 fully saturated rings. The molecular formula is C22H25N3O4. The van der Waals surface area contributed by atoms with Gasteiger partial charge in [0.05, 0.1) is 0 Å². The normalized spacial score (nSPS) is 22.9. The largest absolute Gasteiger partial charge is 0.478 e. The SMILES string of the molecule is CC(C)(C)OC(=O)N1C[C@H]2C[C@@]2(c2ccc(-c3cnc(N)c(C(=O)O)c3)cc2)C1. The molecule has 0 bridgehead atoms. The second-order valence-electron chi connectivity index (χ2n) is 8.96. The van der Waals surface area contributed by atoms with Crippen LogP contribution in [0.15, 0.2) is 36.5 Å². The third-order valence-corrected chi connectivity index (χ3v) is 5.74. The number of carboxylic acids is 1. The van der Waals surface area contributed by atoms with E-state index in [2.05, 4.69) is 17.1 Å². The van der Waals surface area contributed by atoms with Crippen molar-refractivity contribution in [3.8, 4) is 11.1 Å². The van der Waals surface area contributed by atoms with Crippen LogP contribution in [-0.2, 0) is 10.2 Å². The van der Waals surface area contributed by atoms with Gasteiger partial charge in [0.2, 0.25) is 0 Å². The highest BCUT2D eigenvalue weighted by Gasteiger charge is 2.62. The Labute approximate surface area is 169 Å². The van der Waals surface area contributed by atoms with E-state index in [1.165, 1.54) is 11.6 Å². The summed E-state index contributed by atoms with van der Waals surface area (Å²) in [5.74, 6) is -0.634. The van der Waals surface area contributed by atoms with Gasteiger partial charge in [-0.1, -0.05) is 24.3 Å². The Balaban J connectivity index is 1.52. The van der Waals surface area contributed by atoms with Crippen molar-refractivity contribution in [1.29, 1.82) is 0 Å². The number of hydrogen-bond donors (Lipinski definition) is 2. The van der Waals surface area contributed by atoms with Crippen molar-refractivity contribution < 1.29 is 19.4 Å². The molecule has 2 aliphatic rings. The number of pyridine rings is 1. The minimum atomic E-state index is -1.10. The lowest BCUT2D eigenvalue weighted by Crippen LogP contribution is -2.37. The Kier molecular flexibility index (Phi) is 4.29. The van der Waals surface area contributed by atoms with Gasteiger partial charge in [-0.2, -0.15) is 0 Å². The molecule has 1 saturated carbocycles. The van der Waals surface area contributed by atoms with E-state index in [1.54, 1.807) is 11.1 Å². The Morgan fingerprint density at radius 3 is 2.55 bits per heavy atom. The van der Waals surface area contributed by atoms with Crippen molar-refractivity contribution in [2.45, 2.75) is 38.2 Å². The average Bonchev–Trinajstić information content (AvgIpc) is 3.22. The molecule has 1 aromatic heterocycles. The fourth-order valence-corrected chi connectivity index (χ4v) is 4.19. The second-order valence-corrected chi connectivity index (χ2v) is 8.96. The summed E-state index contributed by atoms with van der Waals surface area (Å²) in [5, 5.41) is 9.24. The molecule has 4 rings (SSSR count). The molecule has 1 saturated heterocycles. The topological polar surface area (TPSA) is 106 Å². The summed E-state index contributed by atoms with van der Waals surface area (Å²) < 4.78 is 5.51. The van der Waals surface area contributed by atoms with E-state index in [9.17, 15) is 14.7 Å². The number of carbonyl (C=O) groups is 2. The maximum absolute atomic E-state index is 12.4. The van der Waals surface area contributed by atoms with Crippen LogP contribution in [0.25, 0.3) is 11.1 Å². The van der Waals surface area contributed by atoms with Crippen molar-refractivity contribution in [2.75, 3.05) is 18.8 Å². The fourth-order valence-electron chi connectivity index (χ4n) is 4.19. The Morgan fingerprint density at radius 1 is 1.24 bits per heavy atom. The zero-order valence-corrected chi connectivity index (χ0v) is 16.8. The number of carboxylic acid groups (broad SMARTS) is 1. The Hall–Kier alpha value is -3.09. The number of rotatable bonds is 3. The molecule has 1 aromatic carbocycles. The van der Waals surface area contributed by atoms with Crippen LogP contribution in [0, 0.1) is 5.92 Å². The van der Waals surface area contributed by atoms with Gasteiger partial charge >= 0.3 is 12.1 Å². The van der Waals surface area contributed by atoms with Crippen molar-refractivity contribution >= 4 is 17.9 Å². The molecule has 29 heavy (non-hydrogen) atoms. The number of nitrogens with two attached hydrogens (primary N) is 1. The van der Waals surface area contributed by atoms with Crippen LogP contribution in [0.4, 0.5) is 10.6 Å². The Morgan fingerprint density at radius 2 is 1.93 bits per heavy atom. The Bertz CT molecular complexity index is 981. The maximum Gasteiger partial charge on any atom is 0.410 e. The summed E-state index contributed by atoms with van der Waals surface area (Å²) in [4.78, 5) is 29.5. The van der Waals surface area contributed by atoms with Gasteiger partial charge in [-0.15, -0.1) is 0 Å². The number of carbonyl (C=O) groups excluding carboxylic acids is 1. The highest BCUT2D eigenvalue weighted by molar-refractivity contribution is 5.94. The van der Waals surface area contributed by atoms with Gasteiger partial charge in [0.25, 0.3) is 0 Å². The predicted octanol–water partition coefficient (Wildman–Crippen LogP) is 3.54. The summed E-state index contributed by atoms with van der Waals surface area (Å²) in [5.41, 5.74) is 7.91. The number of aromatic carboxylic acids is 1. The third-order valence-electron chi connectivity index (χ3n) is 5.74. The van der Waals surface area contributed by atoms with E-state index in [4.69, 9.17) is 10.5 Å². The summed E-state index contributed by atoms with van der Waals surface area (Å²) in [6.45, 7) is 7.01. The van der Waals surface area contributed by atoms with E-state index < -0.39 is 11.6 Å². The van der Waals surface area contributed by atoms with E-state index in [0.29, 0.717) is 18.0 Å². The summed E-state index contributed by atoms with van der Waals surface area (Å²) in [6.07, 6.45) is 2.39. The number of aromatic nitrogens is 1. The van der Waals surface area contributed by atoms with Crippen LogP contribution in [0.3, 0.4) is 0 Å². The van der Waals surface area contributed by atoms with Crippen molar-refractivity contribution in [1.82, 2.24) is 9.88 Å². The lowest BCUT2D eigenvalue weighted by atomic mass is 9.93. The van der Waals surface area contributed by atoms with Gasteiger partial charge in [-0.25, -0.2) is 14.6 Å². The van der Waals surface area contributed by atoms with E-state index in [1.807, 2.05) is 32.9 Å². The van der Waals surface area contributed by atoms with Crippen LogP contribution >= 0.6 is 0 Å².